The number of carbonyl (C=O) groups is 3. The Balaban J connectivity index is 1.41. The third-order valence-corrected chi connectivity index (χ3v) is 7.95. The van der Waals surface area contributed by atoms with Gasteiger partial charge in [0.2, 0.25) is 5.91 Å². The lowest BCUT2D eigenvalue weighted by atomic mass is 9.99. The van der Waals surface area contributed by atoms with E-state index < -0.39 is 5.91 Å². The molecule has 1 aromatic heterocycles. The number of rotatable bonds is 5. The van der Waals surface area contributed by atoms with E-state index in [1.807, 2.05) is 49.4 Å². The van der Waals surface area contributed by atoms with Crippen LogP contribution in [0.3, 0.4) is 0 Å². The van der Waals surface area contributed by atoms with Gasteiger partial charge in [0.25, 0.3) is 11.1 Å². The molecule has 3 amide bonds. The molecule has 0 radical (unpaired) electrons. The maximum atomic E-state index is 13.2. The number of aromatic nitrogens is 1. The van der Waals surface area contributed by atoms with E-state index in [1.165, 1.54) is 5.56 Å². The molecule has 2 aromatic carbocycles. The van der Waals surface area contributed by atoms with E-state index in [-0.39, 0.29) is 17.7 Å². The van der Waals surface area contributed by atoms with Crippen LogP contribution in [0.1, 0.15) is 36.6 Å². The third kappa shape index (κ3) is 4.65. The van der Waals surface area contributed by atoms with Crippen molar-refractivity contribution >= 4 is 45.8 Å². The quantitative estimate of drug-likeness (QED) is 0.459. The fraction of sp³-hybridized carbons (Fsp3) is 0.321. The van der Waals surface area contributed by atoms with Crippen LogP contribution in [-0.4, -0.2) is 51.1 Å². The van der Waals surface area contributed by atoms with Crippen molar-refractivity contribution in [3.05, 3.63) is 76.3 Å². The van der Waals surface area contributed by atoms with E-state index in [9.17, 15) is 14.4 Å². The fourth-order valence-electron chi connectivity index (χ4n) is 4.87. The van der Waals surface area contributed by atoms with Gasteiger partial charge < -0.3 is 9.47 Å². The van der Waals surface area contributed by atoms with Gasteiger partial charge in [0.05, 0.1) is 4.91 Å². The van der Waals surface area contributed by atoms with Crippen LogP contribution in [0.25, 0.3) is 17.0 Å². The van der Waals surface area contributed by atoms with E-state index in [4.69, 9.17) is 0 Å². The van der Waals surface area contributed by atoms with Crippen LogP contribution < -0.4 is 0 Å². The van der Waals surface area contributed by atoms with Gasteiger partial charge in [-0.25, -0.2) is 0 Å². The van der Waals surface area contributed by atoms with Crippen LogP contribution in [0, 0.1) is 12.8 Å². The lowest BCUT2D eigenvalue weighted by Gasteiger charge is -2.31. The molecule has 3 aromatic rings. The second-order valence-corrected chi connectivity index (χ2v) is 10.4. The molecular weight excluding hydrogens is 458 g/mol. The molecule has 6 nitrogen and oxygen atoms in total. The average molecular weight is 488 g/mol. The molecule has 0 bridgehead atoms. The number of fused-ring (bicyclic) bond motifs is 1. The molecule has 0 aliphatic carbocycles. The normalized spacial score (nSPS) is 18.3. The number of imide groups is 1. The SMILES string of the molecule is Cc1c(/C=C2\SC(=O)N(CC(=O)N3CCC(C)CC3)C2=O)c2ccccc2n1Cc1ccccc1. The second-order valence-electron chi connectivity index (χ2n) is 9.42. The van der Waals surface area contributed by atoms with Crippen LogP contribution in [0.4, 0.5) is 4.79 Å². The van der Waals surface area contributed by atoms with Gasteiger partial charge in [-0.1, -0.05) is 55.5 Å². The minimum Gasteiger partial charge on any atom is -0.341 e. The Labute approximate surface area is 209 Å². The number of para-hydroxylation sites is 1. The second kappa shape index (κ2) is 9.74. The van der Waals surface area contributed by atoms with Crippen LogP contribution in [0.15, 0.2) is 59.5 Å². The average Bonchev–Trinajstić information content (AvgIpc) is 3.28. The van der Waals surface area contributed by atoms with Crippen molar-refractivity contribution in [2.24, 2.45) is 5.92 Å². The maximum Gasteiger partial charge on any atom is 0.294 e. The molecule has 2 aliphatic heterocycles. The predicted octanol–water partition coefficient (Wildman–Crippen LogP) is 5.29. The Morgan fingerprint density at radius 3 is 2.46 bits per heavy atom. The summed E-state index contributed by atoms with van der Waals surface area (Å²) < 4.78 is 2.24. The van der Waals surface area contributed by atoms with Gasteiger partial charge in [0.15, 0.2) is 0 Å². The summed E-state index contributed by atoms with van der Waals surface area (Å²) in [7, 11) is 0. The summed E-state index contributed by atoms with van der Waals surface area (Å²) in [5.41, 5.74) is 4.22. The first-order valence-electron chi connectivity index (χ1n) is 12.1. The third-order valence-electron chi connectivity index (χ3n) is 7.04. The molecule has 0 atom stereocenters. The van der Waals surface area contributed by atoms with Crippen molar-refractivity contribution in [1.29, 1.82) is 0 Å². The van der Waals surface area contributed by atoms with Gasteiger partial charge in [0, 0.05) is 41.8 Å². The summed E-state index contributed by atoms with van der Waals surface area (Å²) >= 11 is 0.915. The van der Waals surface area contributed by atoms with Crippen LogP contribution in [0.5, 0.6) is 0 Å². The van der Waals surface area contributed by atoms with Crippen molar-refractivity contribution < 1.29 is 14.4 Å². The Kier molecular flexibility index (Phi) is 6.52. The van der Waals surface area contributed by atoms with Gasteiger partial charge in [0.1, 0.15) is 6.54 Å². The number of hydrogen-bond donors (Lipinski definition) is 0. The minimum atomic E-state index is -0.391. The summed E-state index contributed by atoms with van der Waals surface area (Å²) in [6.07, 6.45) is 3.73. The summed E-state index contributed by atoms with van der Waals surface area (Å²) in [4.78, 5) is 41.9. The highest BCUT2D eigenvalue weighted by atomic mass is 32.2. The number of benzene rings is 2. The van der Waals surface area contributed by atoms with Crippen molar-refractivity contribution in [1.82, 2.24) is 14.4 Å². The highest BCUT2D eigenvalue weighted by molar-refractivity contribution is 8.18. The molecule has 0 unspecified atom stereocenters. The number of nitrogens with zero attached hydrogens (tertiary/aromatic N) is 3. The van der Waals surface area contributed by atoms with Crippen molar-refractivity contribution in [2.75, 3.05) is 19.6 Å². The van der Waals surface area contributed by atoms with Crippen molar-refractivity contribution in [3.63, 3.8) is 0 Å². The van der Waals surface area contributed by atoms with Gasteiger partial charge in [-0.15, -0.1) is 0 Å². The lowest BCUT2D eigenvalue weighted by Crippen LogP contribution is -2.45. The monoisotopic (exact) mass is 487 g/mol. The molecule has 3 heterocycles. The Hall–Kier alpha value is -3.32. The van der Waals surface area contributed by atoms with Crippen molar-refractivity contribution in [2.45, 2.75) is 33.2 Å². The first kappa shape index (κ1) is 23.4. The van der Waals surface area contributed by atoms with E-state index in [1.54, 1.807) is 4.90 Å². The van der Waals surface area contributed by atoms with Crippen LogP contribution in [0.2, 0.25) is 0 Å². The first-order valence-corrected chi connectivity index (χ1v) is 12.9. The van der Waals surface area contributed by atoms with Gasteiger partial charge >= 0.3 is 0 Å². The zero-order chi connectivity index (χ0) is 24.5. The molecule has 180 valence electrons. The molecule has 0 N–H and O–H groups in total. The van der Waals surface area contributed by atoms with E-state index in [2.05, 4.69) is 29.7 Å². The smallest absolute Gasteiger partial charge is 0.294 e. The molecule has 35 heavy (non-hydrogen) atoms. The number of hydrogen-bond acceptors (Lipinski definition) is 4. The van der Waals surface area contributed by atoms with Crippen LogP contribution in [-0.2, 0) is 16.1 Å². The van der Waals surface area contributed by atoms with E-state index in [0.717, 1.165) is 51.7 Å². The Morgan fingerprint density at radius 1 is 1.03 bits per heavy atom. The maximum absolute atomic E-state index is 13.2. The largest absolute Gasteiger partial charge is 0.341 e. The molecule has 2 saturated heterocycles. The molecule has 7 heteroatoms. The van der Waals surface area contributed by atoms with Crippen LogP contribution >= 0.6 is 11.8 Å². The molecule has 0 saturated carbocycles. The highest BCUT2D eigenvalue weighted by Gasteiger charge is 2.37. The van der Waals surface area contributed by atoms with Crippen molar-refractivity contribution in [3.8, 4) is 0 Å². The molecule has 2 aliphatic rings. The van der Waals surface area contributed by atoms with Gasteiger partial charge in [-0.05, 0) is 55.2 Å². The molecular formula is C28H29N3O3S. The number of amides is 3. The van der Waals surface area contributed by atoms with E-state index in [0.29, 0.717) is 30.5 Å². The Bertz CT molecular complexity index is 1320. The van der Waals surface area contributed by atoms with Gasteiger partial charge in [-0.3, -0.25) is 19.3 Å². The molecule has 2 fully saturated rings. The summed E-state index contributed by atoms with van der Waals surface area (Å²) in [5, 5.41) is 0.650. The fourth-order valence-corrected chi connectivity index (χ4v) is 5.69. The minimum absolute atomic E-state index is 0.156. The standard InChI is InChI=1S/C28H29N3O3S/c1-19-12-14-29(15-13-19)26(32)18-31-27(33)25(35-28(31)34)16-23-20(2)30(17-21-8-4-3-5-9-21)24-11-7-6-10-22(23)24/h3-11,16,19H,12-15,17-18H2,1-2H3/b25-16-. The topological polar surface area (TPSA) is 62.6 Å². The summed E-state index contributed by atoms with van der Waals surface area (Å²) in [5.74, 6) is 0.0561. The van der Waals surface area contributed by atoms with Gasteiger partial charge in [-0.2, -0.15) is 0 Å². The lowest BCUT2D eigenvalue weighted by molar-refractivity contribution is -0.136. The Morgan fingerprint density at radius 2 is 1.71 bits per heavy atom. The number of likely N-dealkylation sites (tertiary alicyclic amines) is 1. The number of thioether (sulfide) groups is 1. The predicted molar refractivity (Wildman–Crippen MR) is 140 cm³/mol. The van der Waals surface area contributed by atoms with E-state index >= 15 is 0 Å². The zero-order valence-electron chi connectivity index (χ0n) is 20.1. The first-order chi connectivity index (χ1) is 16.9. The highest BCUT2D eigenvalue weighted by Crippen LogP contribution is 2.36. The molecule has 5 rings (SSSR count). The zero-order valence-corrected chi connectivity index (χ0v) is 20.9. The summed E-state index contributed by atoms with van der Waals surface area (Å²) in [6, 6.07) is 18.4. The molecule has 0 spiro atoms. The number of piperidine rings is 1. The number of carbonyl (C=O) groups excluding carboxylic acids is 3. The summed E-state index contributed by atoms with van der Waals surface area (Å²) in [6.45, 7) is 6.12.